The summed E-state index contributed by atoms with van der Waals surface area (Å²) in [6, 6.07) is 3.25. The molecule has 0 saturated carbocycles. The van der Waals surface area contributed by atoms with E-state index in [0.29, 0.717) is 5.92 Å². The van der Waals surface area contributed by atoms with Crippen LogP contribution < -0.4 is 5.32 Å². The summed E-state index contributed by atoms with van der Waals surface area (Å²) in [7, 11) is 0. The molecule has 0 aliphatic rings. The summed E-state index contributed by atoms with van der Waals surface area (Å²) in [6.45, 7) is 4.04. The van der Waals surface area contributed by atoms with Crippen molar-refractivity contribution in [1.29, 1.82) is 0 Å². The molecule has 18 heavy (non-hydrogen) atoms. The van der Waals surface area contributed by atoms with Gasteiger partial charge in [0.1, 0.15) is 11.6 Å². The van der Waals surface area contributed by atoms with Crippen molar-refractivity contribution in [3.8, 4) is 5.75 Å². The summed E-state index contributed by atoms with van der Waals surface area (Å²) in [5, 5.41) is 11.8. The maximum atomic E-state index is 13.5. The van der Waals surface area contributed by atoms with Gasteiger partial charge in [0, 0.05) is 18.0 Å². The molecule has 0 aromatic heterocycles. The molecule has 0 radical (unpaired) electrons. The third-order valence-corrected chi connectivity index (χ3v) is 2.85. The van der Waals surface area contributed by atoms with Crippen LogP contribution >= 0.6 is 11.6 Å². The fourth-order valence-electron chi connectivity index (χ4n) is 1.68. The third kappa shape index (κ3) is 4.18. The van der Waals surface area contributed by atoms with Crippen molar-refractivity contribution < 1.29 is 14.3 Å². The number of nitrogens with one attached hydrogen (secondary N) is 1. The number of aromatic hydroxyl groups is 1. The van der Waals surface area contributed by atoms with Gasteiger partial charge >= 0.3 is 0 Å². The zero-order chi connectivity index (χ0) is 13.7. The van der Waals surface area contributed by atoms with E-state index in [-0.39, 0.29) is 23.2 Å². The summed E-state index contributed by atoms with van der Waals surface area (Å²) in [6.07, 6.45) is 0.731. The normalized spacial score (nSPS) is 12.5. The van der Waals surface area contributed by atoms with E-state index in [9.17, 15) is 9.18 Å². The van der Waals surface area contributed by atoms with Crippen LogP contribution in [0.15, 0.2) is 18.2 Å². The Morgan fingerprint density at radius 1 is 1.50 bits per heavy atom. The van der Waals surface area contributed by atoms with Gasteiger partial charge in [0.15, 0.2) is 0 Å². The van der Waals surface area contributed by atoms with Crippen LogP contribution in [-0.4, -0.2) is 22.9 Å². The van der Waals surface area contributed by atoms with Crippen LogP contribution in [0, 0.1) is 11.7 Å². The van der Waals surface area contributed by atoms with Gasteiger partial charge < -0.3 is 10.4 Å². The minimum atomic E-state index is -0.745. The second kappa shape index (κ2) is 6.59. The van der Waals surface area contributed by atoms with Crippen LogP contribution in [0.5, 0.6) is 5.75 Å². The van der Waals surface area contributed by atoms with Gasteiger partial charge in [-0.25, -0.2) is 4.39 Å². The standard InChI is InChI=1S/C13H17ClFNO2/c1-8(2)5-9(7-14)16-13(18)11-4-3-10(17)6-12(11)15/h3-4,6,8-9,17H,5,7H2,1-2H3,(H,16,18). The first-order valence-electron chi connectivity index (χ1n) is 5.79. The van der Waals surface area contributed by atoms with Crippen molar-refractivity contribution in [2.45, 2.75) is 26.3 Å². The van der Waals surface area contributed by atoms with E-state index in [1.807, 2.05) is 13.8 Å². The van der Waals surface area contributed by atoms with Gasteiger partial charge in [-0.05, 0) is 24.5 Å². The molecule has 0 heterocycles. The zero-order valence-electron chi connectivity index (χ0n) is 10.4. The first-order chi connectivity index (χ1) is 8.43. The highest BCUT2D eigenvalue weighted by Gasteiger charge is 2.17. The minimum Gasteiger partial charge on any atom is -0.508 e. The number of carbonyl (C=O) groups excluding carboxylic acids is 1. The molecule has 1 aromatic carbocycles. The Hall–Kier alpha value is -1.29. The predicted octanol–water partition coefficient (Wildman–Crippen LogP) is 2.91. The van der Waals surface area contributed by atoms with Crippen LogP contribution in [-0.2, 0) is 0 Å². The Kier molecular flexibility index (Phi) is 5.41. The number of benzene rings is 1. The first kappa shape index (κ1) is 14.8. The number of hydrogen-bond donors (Lipinski definition) is 2. The SMILES string of the molecule is CC(C)CC(CCl)NC(=O)c1ccc(O)cc1F. The van der Waals surface area contributed by atoms with Crippen molar-refractivity contribution in [1.82, 2.24) is 5.32 Å². The molecule has 1 unspecified atom stereocenters. The summed E-state index contributed by atoms with van der Waals surface area (Å²) in [5.41, 5.74) is -0.0910. The summed E-state index contributed by atoms with van der Waals surface area (Å²) < 4.78 is 13.5. The van der Waals surface area contributed by atoms with Gasteiger partial charge in [-0.2, -0.15) is 0 Å². The van der Waals surface area contributed by atoms with Gasteiger partial charge in [-0.15, -0.1) is 11.6 Å². The number of hydrogen-bond acceptors (Lipinski definition) is 2. The van der Waals surface area contributed by atoms with Crippen LogP contribution in [0.4, 0.5) is 4.39 Å². The molecule has 1 atom stereocenters. The fourth-order valence-corrected chi connectivity index (χ4v) is 1.88. The van der Waals surface area contributed by atoms with Crippen LogP contribution in [0.2, 0.25) is 0 Å². The topological polar surface area (TPSA) is 49.3 Å². The van der Waals surface area contributed by atoms with E-state index in [4.69, 9.17) is 16.7 Å². The van der Waals surface area contributed by atoms with E-state index in [0.717, 1.165) is 12.5 Å². The number of rotatable bonds is 5. The van der Waals surface area contributed by atoms with Crippen molar-refractivity contribution in [2.75, 3.05) is 5.88 Å². The summed E-state index contributed by atoms with van der Waals surface area (Å²) in [5.74, 6) is -0.799. The summed E-state index contributed by atoms with van der Waals surface area (Å²) in [4.78, 5) is 11.8. The van der Waals surface area contributed by atoms with E-state index >= 15 is 0 Å². The maximum absolute atomic E-state index is 13.5. The minimum absolute atomic E-state index is 0.0910. The van der Waals surface area contributed by atoms with E-state index < -0.39 is 11.7 Å². The van der Waals surface area contributed by atoms with Gasteiger partial charge in [-0.1, -0.05) is 13.8 Å². The monoisotopic (exact) mass is 273 g/mol. The van der Waals surface area contributed by atoms with Crippen molar-refractivity contribution >= 4 is 17.5 Å². The first-order valence-corrected chi connectivity index (χ1v) is 6.32. The lowest BCUT2D eigenvalue weighted by molar-refractivity contribution is 0.0932. The number of phenols is 1. The van der Waals surface area contributed by atoms with Gasteiger partial charge in [0.25, 0.3) is 5.91 Å². The quantitative estimate of drug-likeness (QED) is 0.811. The molecule has 3 nitrogen and oxygen atoms in total. The molecule has 0 fully saturated rings. The molecule has 100 valence electrons. The molecule has 1 aromatic rings. The molecule has 0 spiro atoms. The lowest BCUT2D eigenvalue weighted by Gasteiger charge is -2.18. The molecule has 0 bridgehead atoms. The zero-order valence-corrected chi connectivity index (χ0v) is 11.2. The van der Waals surface area contributed by atoms with E-state index in [2.05, 4.69) is 5.32 Å². The van der Waals surface area contributed by atoms with Gasteiger partial charge in [0.2, 0.25) is 0 Å². The Labute approximate surface area is 111 Å². The van der Waals surface area contributed by atoms with Crippen LogP contribution in [0.1, 0.15) is 30.6 Å². The number of halogens is 2. The third-order valence-electron chi connectivity index (χ3n) is 2.47. The second-order valence-corrected chi connectivity index (χ2v) is 4.93. The van der Waals surface area contributed by atoms with Crippen molar-refractivity contribution in [3.63, 3.8) is 0 Å². The Bertz CT molecular complexity index is 423. The highest BCUT2D eigenvalue weighted by molar-refractivity contribution is 6.18. The molecule has 0 aliphatic carbocycles. The van der Waals surface area contributed by atoms with Crippen molar-refractivity contribution in [2.24, 2.45) is 5.92 Å². The molecule has 2 N–H and O–H groups in total. The van der Waals surface area contributed by atoms with Crippen LogP contribution in [0.3, 0.4) is 0 Å². The molecular weight excluding hydrogens is 257 g/mol. The molecule has 0 saturated heterocycles. The number of alkyl halides is 1. The van der Waals surface area contributed by atoms with Crippen molar-refractivity contribution in [3.05, 3.63) is 29.6 Å². The molecule has 1 rings (SSSR count). The van der Waals surface area contributed by atoms with Gasteiger partial charge in [-0.3, -0.25) is 4.79 Å². The molecule has 0 aliphatic heterocycles. The average molecular weight is 274 g/mol. The average Bonchev–Trinajstić information content (AvgIpc) is 2.27. The molecule has 1 amide bonds. The molecule has 5 heteroatoms. The van der Waals surface area contributed by atoms with E-state index in [1.54, 1.807) is 0 Å². The van der Waals surface area contributed by atoms with E-state index in [1.165, 1.54) is 12.1 Å². The summed E-state index contributed by atoms with van der Waals surface area (Å²) >= 11 is 5.76. The fraction of sp³-hybridized carbons (Fsp3) is 0.462. The number of amides is 1. The predicted molar refractivity (Wildman–Crippen MR) is 69.5 cm³/mol. The molecular formula is C13H17ClFNO2. The van der Waals surface area contributed by atoms with Crippen LogP contribution in [0.25, 0.3) is 0 Å². The Morgan fingerprint density at radius 3 is 2.67 bits per heavy atom. The highest BCUT2D eigenvalue weighted by Crippen LogP contribution is 2.15. The highest BCUT2D eigenvalue weighted by atomic mass is 35.5. The lowest BCUT2D eigenvalue weighted by Crippen LogP contribution is -2.37. The lowest BCUT2D eigenvalue weighted by atomic mass is 10.0. The number of carbonyl (C=O) groups is 1. The maximum Gasteiger partial charge on any atom is 0.254 e. The number of phenolic OH excluding ortho intramolecular Hbond substituents is 1. The van der Waals surface area contributed by atoms with Gasteiger partial charge in [0.05, 0.1) is 5.56 Å². The largest absolute Gasteiger partial charge is 0.508 e. The Balaban J connectivity index is 2.74. The smallest absolute Gasteiger partial charge is 0.254 e. The second-order valence-electron chi connectivity index (χ2n) is 4.62. The Morgan fingerprint density at radius 2 is 2.17 bits per heavy atom.